The highest BCUT2D eigenvalue weighted by Crippen LogP contribution is 2.29. The molecule has 0 bridgehead atoms. The van der Waals surface area contributed by atoms with Crippen molar-refractivity contribution in [2.75, 3.05) is 5.32 Å². The number of carbonyl (C=O) groups is 1. The lowest BCUT2D eigenvalue weighted by Gasteiger charge is -2.06. The van der Waals surface area contributed by atoms with Crippen molar-refractivity contribution in [3.05, 3.63) is 26.4 Å². The third kappa shape index (κ3) is 3.49. The maximum atomic E-state index is 12.4. The van der Waals surface area contributed by atoms with Crippen LogP contribution < -0.4 is 5.32 Å². The second kappa shape index (κ2) is 7.13. The zero-order valence-corrected chi connectivity index (χ0v) is 14.5. The first-order valence-corrected chi connectivity index (χ1v) is 9.01. The summed E-state index contributed by atoms with van der Waals surface area (Å²) >= 11 is 3.10. The van der Waals surface area contributed by atoms with Crippen LogP contribution in [0.15, 0.2) is 5.38 Å². The molecule has 1 N–H and O–H groups in total. The molecular weight excluding hydrogens is 302 g/mol. The molecule has 0 fully saturated rings. The number of rotatable bonds is 6. The van der Waals surface area contributed by atoms with Crippen LogP contribution in [-0.4, -0.2) is 16.1 Å². The summed E-state index contributed by atoms with van der Waals surface area (Å²) in [5, 5.41) is 14.7. The van der Waals surface area contributed by atoms with E-state index in [9.17, 15) is 4.79 Å². The van der Waals surface area contributed by atoms with Crippen molar-refractivity contribution in [1.29, 1.82) is 0 Å². The first-order valence-electron chi connectivity index (χ1n) is 7.32. The third-order valence-electron chi connectivity index (χ3n) is 3.70. The van der Waals surface area contributed by atoms with E-state index in [1.54, 1.807) is 11.3 Å². The molecule has 6 heteroatoms. The van der Waals surface area contributed by atoms with Gasteiger partial charge in [0.2, 0.25) is 5.13 Å². The Morgan fingerprint density at radius 3 is 2.62 bits per heavy atom. The van der Waals surface area contributed by atoms with Crippen molar-refractivity contribution in [2.24, 2.45) is 0 Å². The highest BCUT2D eigenvalue weighted by atomic mass is 32.1. The highest BCUT2D eigenvalue weighted by molar-refractivity contribution is 7.15. The molecule has 114 valence electrons. The van der Waals surface area contributed by atoms with Gasteiger partial charge in [-0.15, -0.1) is 21.5 Å². The van der Waals surface area contributed by atoms with Crippen molar-refractivity contribution in [2.45, 2.75) is 52.9 Å². The second-order valence-electron chi connectivity index (χ2n) is 4.95. The Balaban J connectivity index is 2.13. The van der Waals surface area contributed by atoms with Gasteiger partial charge in [0.1, 0.15) is 5.01 Å². The largest absolute Gasteiger partial charge is 0.296 e. The quantitative estimate of drug-likeness (QED) is 0.843. The maximum absolute atomic E-state index is 12.4. The predicted octanol–water partition coefficient (Wildman–Crippen LogP) is 4.63. The fraction of sp³-hybridized carbons (Fsp3) is 0.533. The summed E-state index contributed by atoms with van der Waals surface area (Å²) < 4.78 is 0. The summed E-state index contributed by atoms with van der Waals surface area (Å²) in [4.78, 5) is 13.6. The zero-order valence-electron chi connectivity index (χ0n) is 12.9. The normalized spacial score (nSPS) is 11.1. The van der Waals surface area contributed by atoms with Crippen molar-refractivity contribution in [3.8, 4) is 0 Å². The number of carbonyl (C=O) groups excluding carboxylic acids is 1. The van der Waals surface area contributed by atoms with Crippen LogP contribution >= 0.6 is 22.7 Å². The number of nitrogens with one attached hydrogen (secondary N) is 1. The number of aromatic nitrogens is 2. The average molecular weight is 323 g/mol. The topological polar surface area (TPSA) is 54.9 Å². The van der Waals surface area contributed by atoms with E-state index >= 15 is 0 Å². The van der Waals surface area contributed by atoms with E-state index < -0.39 is 0 Å². The Labute approximate surface area is 133 Å². The fourth-order valence-electron chi connectivity index (χ4n) is 2.36. The zero-order chi connectivity index (χ0) is 15.4. The van der Waals surface area contributed by atoms with E-state index in [0.717, 1.165) is 35.4 Å². The minimum absolute atomic E-state index is 0.0801. The first-order chi connectivity index (χ1) is 10.1. The molecule has 0 saturated carbocycles. The molecule has 0 saturated heterocycles. The van der Waals surface area contributed by atoms with Crippen LogP contribution in [0.4, 0.5) is 5.13 Å². The number of amides is 1. The molecule has 0 aromatic carbocycles. The monoisotopic (exact) mass is 323 g/mol. The number of hydrogen-bond acceptors (Lipinski definition) is 5. The van der Waals surface area contributed by atoms with E-state index in [4.69, 9.17) is 0 Å². The van der Waals surface area contributed by atoms with Gasteiger partial charge in [0, 0.05) is 16.2 Å². The fourth-order valence-corrected chi connectivity index (χ4v) is 4.31. The Hall–Kier alpha value is -1.27. The van der Waals surface area contributed by atoms with Crippen molar-refractivity contribution in [3.63, 3.8) is 0 Å². The summed E-state index contributed by atoms with van der Waals surface area (Å²) in [5.74, 6) is 0.353. The molecule has 0 unspecified atom stereocenters. The number of anilines is 1. The molecular formula is C15H21N3OS2. The molecule has 21 heavy (non-hydrogen) atoms. The van der Waals surface area contributed by atoms with E-state index in [1.807, 2.05) is 5.38 Å². The molecule has 0 spiro atoms. The molecule has 0 aliphatic carbocycles. The van der Waals surface area contributed by atoms with Gasteiger partial charge in [0.15, 0.2) is 0 Å². The minimum Gasteiger partial charge on any atom is -0.296 e. The lowest BCUT2D eigenvalue weighted by Crippen LogP contribution is -2.12. The maximum Gasteiger partial charge on any atom is 0.258 e. The van der Waals surface area contributed by atoms with Gasteiger partial charge in [-0.3, -0.25) is 10.1 Å². The van der Waals surface area contributed by atoms with E-state index in [0.29, 0.717) is 11.0 Å². The molecule has 2 aromatic heterocycles. The summed E-state index contributed by atoms with van der Waals surface area (Å²) in [5.41, 5.74) is 1.89. The average Bonchev–Trinajstić information content (AvgIpc) is 3.07. The predicted molar refractivity (Wildman–Crippen MR) is 89.6 cm³/mol. The molecule has 1 amide bonds. The summed E-state index contributed by atoms with van der Waals surface area (Å²) in [6.45, 7) is 8.42. The van der Waals surface area contributed by atoms with Crippen LogP contribution in [-0.2, 0) is 6.42 Å². The van der Waals surface area contributed by atoms with Gasteiger partial charge in [0.25, 0.3) is 5.91 Å². The molecule has 0 aliphatic rings. The lowest BCUT2D eigenvalue weighted by atomic mass is 10.1. The molecule has 2 heterocycles. The summed E-state index contributed by atoms with van der Waals surface area (Å²) in [7, 11) is 0. The smallest absolute Gasteiger partial charge is 0.258 e. The number of thiophene rings is 1. The van der Waals surface area contributed by atoms with Gasteiger partial charge in [-0.25, -0.2) is 0 Å². The van der Waals surface area contributed by atoms with Crippen LogP contribution in [0.3, 0.4) is 0 Å². The van der Waals surface area contributed by atoms with Crippen molar-refractivity contribution < 1.29 is 4.79 Å². The van der Waals surface area contributed by atoms with Crippen LogP contribution in [0.25, 0.3) is 0 Å². The molecule has 0 radical (unpaired) electrons. The molecule has 0 atom stereocenters. The van der Waals surface area contributed by atoms with Crippen molar-refractivity contribution in [1.82, 2.24) is 10.2 Å². The van der Waals surface area contributed by atoms with Gasteiger partial charge in [-0.2, -0.15) is 0 Å². The first kappa shape index (κ1) is 16.1. The van der Waals surface area contributed by atoms with Gasteiger partial charge in [-0.1, -0.05) is 32.1 Å². The molecule has 2 aromatic rings. The van der Waals surface area contributed by atoms with E-state index in [2.05, 4.69) is 43.2 Å². The third-order valence-corrected chi connectivity index (χ3v) is 5.65. The van der Waals surface area contributed by atoms with Crippen LogP contribution in [0, 0.1) is 6.92 Å². The summed E-state index contributed by atoms with van der Waals surface area (Å²) in [6, 6.07) is 0. The van der Waals surface area contributed by atoms with Gasteiger partial charge >= 0.3 is 0 Å². The van der Waals surface area contributed by atoms with Gasteiger partial charge in [-0.05, 0) is 31.7 Å². The standard InChI is InChI=1S/C15H21N3OS2/c1-5-10(6-2)14-17-18-15(21-14)16-13(19)12-8-20-9(4)11(12)7-3/h8,10H,5-7H2,1-4H3,(H,16,18,19). The van der Waals surface area contributed by atoms with Gasteiger partial charge < -0.3 is 0 Å². The minimum atomic E-state index is -0.0801. The Morgan fingerprint density at radius 2 is 2.00 bits per heavy atom. The van der Waals surface area contributed by atoms with Crippen LogP contribution in [0.5, 0.6) is 0 Å². The van der Waals surface area contributed by atoms with E-state index in [-0.39, 0.29) is 5.91 Å². The summed E-state index contributed by atoms with van der Waals surface area (Å²) in [6.07, 6.45) is 2.96. The lowest BCUT2D eigenvalue weighted by molar-refractivity contribution is 0.102. The number of nitrogens with zero attached hydrogens (tertiary/aromatic N) is 2. The molecule has 4 nitrogen and oxygen atoms in total. The van der Waals surface area contributed by atoms with Crippen LogP contribution in [0.1, 0.15) is 65.3 Å². The molecule has 2 rings (SSSR count). The second-order valence-corrected chi connectivity index (χ2v) is 7.04. The Morgan fingerprint density at radius 1 is 1.29 bits per heavy atom. The van der Waals surface area contributed by atoms with Crippen LogP contribution in [0.2, 0.25) is 0 Å². The Kier molecular flexibility index (Phi) is 5.47. The number of aryl methyl sites for hydroxylation is 1. The Bertz CT molecular complexity index is 614. The number of hydrogen-bond donors (Lipinski definition) is 1. The van der Waals surface area contributed by atoms with E-state index in [1.165, 1.54) is 16.2 Å². The van der Waals surface area contributed by atoms with Gasteiger partial charge in [0.05, 0.1) is 5.56 Å². The van der Waals surface area contributed by atoms with Crippen molar-refractivity contribution >= 4 is 33.7 Å². The highest BCUT2D eigenvalue weighted by Gasteiger charge is 2.18. The SMILES string of the molecule is CCc1c(C(=O)Nc2nnc(C(CC)CC)s2)csc1C. The molecule has 0 aliphatic heterocycles.